The molecule has 0 aliphatic rings. The van der Waals surface area contributed by atoms with Crippen LogP contribution in [0.15, 0.2) is 182 Å². The topological polar surface area (TPSA) is 51.6 Å². The molecule has 0 saturated heterocycles. The summed E-state index contributed by atoms with van der Waals surface area (Å²) in [5.41, 5.74) is 14.3. The molecule has 0 radical (unpaired) electrons. The largest absolute Gasteiger partial charge is 0.254 e. The van der Waals surface area contributed by atoms with Gasteiger partial charge in [0.15, 0.2) is 0 Å². The predicted octanol–water partition coefficient (Wildman–Crippen LogP) is 11.6. The van der Waals surface area contributed by atoms with E-state index in [0.717, 1.165) is 66.8 Å². The number of benzene rings is 5. The lowest BCUT2D eigenvalue weighted by Crippen LogP contribution is -1.94. The van der Waals surface area contributed by atoms with Crippen LogP contribution in [0.3, 0.4) is 0 Å². The minimum Gasteiger partial charge on any atom is -0.254 e. The number of aromatic nitrogens is 4. The van der Waals surface area contributed by atoms with Gasteiger partial charge in [-0.25, -0.2) is 9.97 Å². The average molecular weight is 639 g/mol. The van der Waals surface area contributed by atoms with E-state index in [1.165, 1.54) is 22.3 Å². The maximum absolute atomic E-state index is 5.11. The fourth-order valence-electron chi connectivity index (χ4n) is 6.69. The highest BCUT2D eigenvalue weighted by Crippen LogP contribution is 2.35. The van der Waals surface area contributed by atoms with Crippen molar-refractivity contribution in [3.05, 3.63) is 182 Å². The molecule has 9 rings (SSSR count). The zero-order chi connectivity index (χ0) is 33.3. The van der Waals surface area contributed by atoms with E-state index in [1.54, 1.807) is 0 Å². The second kappa shape index (κ2) is 12.7. The molecule has 0 aliphatic heterocycles. The van der Waals surface area contributed by atoms with E-state index in [9.17, 15) is 0 Å². The van der Waals surface area contributed by atoms with Gasteiger partial charge in [0.25, 0.3) is 0 Å². The highest BCUT2D eigenvalue weighted by atomic mass is 14.8. The van der Waals surface area contributed by atoms with Crippen LogP contribution < -0.4 is 0 Å². The van der Waals surface area contributed by atoms with Gasteiger partial charge in [0.2, 0.25) is 0 Å². The molecule has 9 aromatic rings. The third-order valence-corrected chi connectivity index (χ3v) is 9.25. The van der Waals surface area contributed by atoms with E-state index in [0.29, 0.717) is 0 Å². The van der Waals surface area contributed by atoms with Crippen LogP contribution in [0.5, 0.6) is 0 Å². The molecule has 234 valence electrons. The van der Waals surface area contributed by atoms with E-state index in [-0.39, 0.29) is 0 Å². The average Bonchev–Trinajstić information content (AvgIpc) is 3.21. The van der Waals surface area contributed by atoms with E-state index in [1.807, 2.05) is 36.7 Å². The van der Waals surface area contributed by atoms with Crippen LogP contribution in [0.2, 0.25) is 0 Å². The van der Waals surface area contributed by atoms with Gasteiger partial charge < -0.3 is 0 Å². The molecule has 0 amide bonds. The molecular weight excluding hydrogens is 609 g/mol. The Hall–Kier alpha value is -6.78. The normalized spacial score (nSPS) is 11.2. The van der Waals surface area contributed by atoms with E-state index in [2.05, 4.69) is 146 Å². The molecule has 0 spiro atoms. The Morgan fingerprint density at radius 2 is 0.620 bits per heavy atom. The Labute approximate surface area is 290 Å². The summed E-state index contributed by atoms with van der Waals surface area (Å²) in [4.78, 5) is 19.9. The van der Waals surface area contributed by atoms with Crippen LogP contribution in [-0.4, -0.2) is 19.9 Å². The summed E-state index contributed by atoms with van der Waals surface area (Å²) in [6, 6.07) is 58.8. The summed E-state index contributed by atoms with van der Waals surface area (Å²) in [6.45, 7) is 0. The molecule has 0 N–H and O–H groups in total. The monoisotopic (exact) mass is 638 g/mol. The van der Waals surface area contributed by atoms with Gasteiger partial charge in [-0.3, -0.25) is 9.97 Å². The lowest BCUT2D eigenvalue weighted by molar-refractivity contribution is 1.31. The molecule has 0 fully saturated rings. The number of fused-ring (bicyclic) bond motifs is 3. The highest BCUT2D eigenvalue weighted by Gasteiger charge is 2.15. The van der Waals surface area contributed by atoms with Gasteiger partial charge in [0.1, 0.15) is 0 Å². The number of hydrogen-bond donors (Lipinski definition) is 0. The number of hydrogen-bond acceptors (Lipinski definition) is 4. The zero-order valence-corrected chi connectivity index (χ0v) is 27.1. The molecule has 4 aromatic heterocycles. The highest BCUT2D eigenvalue weighted by molar-refractivity contribution is 6.11. The number of pyridine rings is 4. The van der Waals surface area contributed by atoms with Crippen LogP contribution in [0, 0.1) is 0 Å². The van der Waals surface area contributed by atoms with Crippen molar-refractivity contribution in [1.82, 2.24) is 19.9 Å². The van der Waals surface area contributed by atoms with Crippen LogP contribution in [-0.2, 0) is 0 Å². The van der Waals surface area contributed by atoms with Crippen LogP contribution in [0.4, 0.5) is 0 Å². The summed E-state index contributed by atoms with van der Waals surface area (Å²) >= 11 is 0. The Balaban J connectivity index is 1.06. The SMILES string of the molecule is c1ccc(-c2ccc(-c3cccc(-c4ccnc5c4ccc4c(-c6cccc(-c7ccc(-c8ccccc8)cc7)n6)ccnc45)n3)cc2)cc1. The van der Waals surface area contributed by atoms with Gasteiger partial charge in [-0.15, -0.1) is 0 Å². The van der Waals surface area contributed by atoms with Crippen molar-refractivity contribution in [3.63, 3.8) is 0 Å². The van der Waals surface area contributed by atoms with Crippen LogP contribution >= 0.6 is 0 Å². The molecule has 0 saturated carbocycles. The Morgan fingerprint density at radius 3 is 1.04 bits per heavy atom. The molecule has 0 aliphatic carbocycles. The smallest absolute Gasteiger partial charge is 0.0971 e. The summed E-state index contributed by atoms with van der Waals surface area (Å²) < 4.78 is 0. The summed E-state index contributed by atoms with van der Waals surface area (Å²) in [6.07, 6.45) is 3.71. The van der Waals surface area contributed by atoms with Gasteiger partial charge in [-0.2, -0.15) is 0 Å². The Kier molecular flexibility index (Phi) is 7.45. The van der Waals surface area contributed by atoms with Crippen LogP contribution in [0.1, 0.15) is 0 Å². The van der Waals surface area contributed by atoms with Gasteiger partial charge in [0, 0.05) is 45.4 Å². The quantitative estimate of drug-likeness (QED) is 0.170. The van der Waals surface area contributed by atoms with Crippen molar-refractivity contribution >= 4 is 21.8 Å². The minimum atomic E-state index is 0.842. The molecule has 0 bridgehead atoms. The summed E-state index contributed by atoms with van der Waals surface area (Å²) in [7, 11) is 0. The molecule has 0 atom stereocenters. The predicted molar refractivity (Wildman–Crippen MR) is 205 cm³/mol. The number of nitrogens with zero attached hydrogens (tertiary/aromatic N) is 4. The maximum atomic E-state index is 5.11. The first kappa shape index (κ1) is 29.4. The minimum absolute atomic E-state index is 0.842. The fourth-order valence-corrected chi connectivity index (χ4v) is 6.69. The molecule has 4 heterocycles. The molecule has 50 heavy (non-hydrogen) atoms. The van der Waals surface area contributed by atoms with Crippen molar-refractivity contribution < 1.29 is 0 Å². The first-order valence-electron chi connectivity index (χ1n) is 16.7. The van der Waals surface area contributed by atoms with Crippen molar-refractivity contribution in [2.45, 2.75) is 0 Å². The van der Waals surface area contributed by atoms with E-state index >= 15 is 0 Å². The molecule has 5 aromatic carbocycles. The van der Waals surface area contributed by atoms with Crippen molar-refractivity contribution in [3.8, 4) is 67.3 Å². The van der Waals surface area contributed by atoms with Gasteiger partial charge >= 0.3 is 0 Å². The van der Waals surface area contributed by atoms with Gasteiger partial charge in [-0.05, 0) is 58.7 Å². The van der Waals surface area contributed by atoms with Crippen LogP contribution in [0.25, 0.3) is 89.1 Å². The number of rotatable bonds is 6. The lowest BCUT2D eigenvalue weighted by Gasteiger charge is -2.12. The fraction of sp³-hybridized carbons (Fsp3) is 0. The van der Waals surface area contributed by atoms with Gasteiger partial charge in [0.05, 0.1) is 33.8 Å². The molecular formula is C46H30N4. The van der Waals surface area contributed by atoms with Crippen molar-refractivity contribution in [1.29, 1.82) is 0 Å². The molecule has 4 nitrogen and oxygen atoms in total. The zero-order valence-electron chi connectivity index (χ0n) is 27.1. The van der Waals surface area contributed by atoms with Crippen molar-refractivity contribution in [2.24, 2.45) is 0 Å². The Bertz CT molecular complexity index is 2430. The third kappa shape index (κ3) is 5.49. The molecule has 4 heteroatoms. The Morgan fingerprint density at radius 1 is 0.260 bits per heavy atom. The second-order valence-electron chi connectivity index (χ2n) is 12.3. The maximum Gasteiger partial charge on any atom is 0.0971 e. The second-order valence-corrected chi connectivity index (χ2v) is 12.3. The first-order chi connectivity index (χ1) is 24.8. The summed E-state index contributed by atoms with van der Waals surface area (Å²) in [5.74, 6) is 0. The van der Waals surface area contributed by atoms with E-state index in [4.69, 9.17) is 19.9 Å². The van der Waals surface area contributed by atoms with E-state index < -0.39 is 0 Å². The standard InChI is InChI=1S/C46H30N4/c1-3-9-31(10-4-1)33-17-21-35(22-18-33)41-13-7-15-43(49-41)37-27-29-47-45-39(37)25-26-40-38(28-30-48-46(40)45)44-16-8-14-42(50-44)36-23-19-34(20-24-36)32-11-5-2-6-12-32/h1-30H. The third-order valence-electron chi connectivity index (χ3n) is 9.25. The lowest BCUT2D eigenvalue weighted by atomic mass is 9.99. The first-order valence-corrected chi connectivity index (χ1v) is 16.7. The van der Waals surface area contributed by atoms with Gasteiger partial charge in [-0.1, -0.05) is 133 Å². The summed E-state index contributed by atoms with van der Waals surface area (Å²) in [5, 5.41) is 2.02. The molecule has 0 unspecified atom stereocenters. The van der Waals surface area contributed by atoms with Crippen molar-refractivity contribution in [2.75, 3.05) is 0 Å².